The Morgan fingerprint density at radius 2 is 1.66 bits per heavy atom. The summed E-state index contributed by atoms with van der Waals surface area (Å²) in [6.45, 7) is 2.69. The summed E-state index contributed by atoms with van der Waals surface area (Å²) in [5.41, 5.74) is 2.79. The Balaban J connectivity index is 1.51. The van der Waals surface area contributed by atoms with Crippen molar-refractivity contribution in [2.75, 3.05) is 11.9 Å². The Bertz CT molecular complexity index is 1230. The van der Waals surface area contributed by atoms with Crippen molar-refractivity contribution in [3.05, 3.63) is 78.1 Å². The molecule has 0 atom stereocenters. The highest BCUT2D eigenvalue weighted by Gasteiger charge is 2.13. The zero-order valence-corrected chi connectivity index (χ0v) is 15.9. The highest BCUT2D eigenvalue weighted by molar-refractivity contribution is 6.10. The second kappa shape index (κ2) is 7.75. The first-order valence-corrected chi connectivity index (χ1v) is 9.42. The van der Waals surface area contributed by atoms with Crippen molar-refractivity contribution < 1.29 is 14.0 Å². The molecule has 146 valence electrons. The second-order valence-corrected chi connectivity index (χ2v) is 6.70. The molecule has 0 radical (unpaired) electrons. The van der Waals surface area contributed by atoms with E-state index >= 15 is 0 Å². The molecule has 4 rings (SSSR count). The lowest BCUT2D eigenvalue weighted by molar-refractivity contribution is -0.115. The van der Waals surface area contributed by atoms with E-state index < -0.39 is 11.7 Å². The molecule has 6 heteroatoms. The predicted molar refractivity (Wildman–Crippen MR) is 112 cm³/mol. The molecular weight excluding hydrogens is 369 g/mol. The van der Waals surface area contributed by atoms with Crippen LogP contribution in [0.1, 0.15) is 17.3 Å². The van der Waals surface area contributed by atoms with E-state index in [1.807, 2.05) is 30.3 Å². The molecule has 2 amide bonds. The van der Waals surface area contributed by atoms with Crippen LogP contribution in [0.2, 0.25) is 0 Å². The molecule has 0 spiro atoms. The molecule has 5 nitrogen and oxygen atoms in total. The number of fused-ring (bicyclic) bond motifs is 3. The molecule has 0 aliphatic rings. The van der Waals surface area contributed by atoms with Crippen LogP contribution < -0.4 is 10.6 Å². The van der Waals surface area contributed by atoms with Crippen molar-refractivity contribution in [2.24, 2.45) is 0 Å². The van der Waals surface area contributed by atoms with Crippen LogP contribution in [-0.4, -0.2) is 22.9 Å². The molecular formula is C23H20FN3O2. The van der Waals surface area contributed by atoms with Crippen LogP contribution in [0.25, 0.3) is 21.8 Å². The quantitative estimate of drug-likeness (QED) is 0.534. The van der Waals surface area contributed by atoms with Crippen molar-refractivity contribution in [1.29, 1.82) is 0 Å². The summed E-state index contributed by atoms with van der Waals surface area (Å²) in [5, 5.41) is 7.41. The maximum Gasteiger partial charge on any atom is 0.254 e. The van der Waals surface area contributed by atoms with Crippen LogP contribution in [0.4, 0.5) is 10.1 Å². The number of amides is 2. The van der Waals surface area contributed by atoms with E-state index in [4.69, 9.17) is 0 Å². The maximum atomic E-state index is 13.7. The highest BCUT2D eigenvalue weighted by Crippen LogP contribution is 2.30. The molecule has 0 aliphatic carbocycles. The fraction of sp³-hybridized carbons (Fsp3) is 0.130. The molecule has 4 aromatic rings. The van der Waals surface area contributed by atoms with Crippen LogP contribution in [0, 0.1) is 5.82 Å². The van der Waals surface area contributed by atoms with Crippen molar-refractivity contribution in [3.63, 3.8) is 0 Å². The molecule has 0 bridgehead atoms. The van der Waals surface area contributed by atoms with Crippen LogP contribution in [0.5, 0.6) is 0 Å². The van der Waals surface area contributed by atoms with Crippen LogP contribution >= 0.6 is 0 Å². The number of aromatic nitrogens is 1. The van der Waals surface area contributed by atoms with Gasteiger partial charge in [0, 0.05) is 34.0 Å². The van der Waals surface area contributed by atoms with Gasteiger partial charge in [-0.25, -0.2) is 4.39 Å². The van der Waals surface area contributed by atoms with Gasteiger partial charge in [0.15, 0.2) is 0 Å². The summed E-state index contributed by atoms with van der Waals surface area (Å²) in [6, 6.07) is 19.5. The first-order valence-electron chi connectivity index (χ1n) is 9.42. The smallest absolute Gasteiger partial charge is 0.254 e. The molecule has 0 saturated carbocycles. The third-order valence-corrected chi connectivity index (χ3v) is 4.90. The lowest BCUT2D eigenvalue weighted by Gasteiger charge is -2.08. The van der Waals surface area contributed by atoms with E-state index in [0.717, 1.165) is 28.4 Å². The number of hydrogen-bond acceptors (Lipinski definition) is 2. The fourth-order valence-electron chi connectivity index (χ4n) is 3.58. The number of nitrogens with zero attached hydrogens (tertiary/aromatic N) is 1. The van der Waals surface area contributed by atoms with Crippen LogP contribution in [0.3, 0.4) is 0 Å². The second-order valence-electron chi connectivity index (χ2n) is 6.70. The van der Waals surface area contributed by atoms with Crippen molar-refractivity contribution in [1.82, 2.24) is 9.88 Å². The first-order chi connectivity index (χ1) is 14.1. The van der Waals surface area contributed by atoms with Crippen molar-refractivity contribution in [3.8, 4) is 0 Å². The van der Waals surface area contributed by atoms with Gasteiger partial charge in [0.25, 0.3) is 5.91 Å². The van der Waals surface area contributed by atoms with Crippen LogP contribution in [0.15, 0.2) is 66.7 Å². The largest absolute Gasteiger partial charge is 0.343 e. The summed E-state index contributed by atoms with van der Waals surface area (Å²) in [4.78, 5) is 24.3. The molecule has 2 N–H and O–H groups in total. The van der Waals surface area contributed by atoms with Gasteiger partial charge in [0.1, 0.15) is 5.82 Å². The third kappa shape index (κ3) is 3.57. The number of halogens is 1. The zero-order valence-electron chi connectivity index (χ0n) is 15.9. The molecule has 3 aromatic carbocycles. The number of nitrogens with one attached hydrogen (secondary N) is 2. The van der Waals surface area contributed by atoms with Gasteiger partial charge in [-0.15, -0.1) is 0 Å². The summed E-state index contributed by atoms with van der Waals surface area (Å²) >= 11 is 0. The molecule has 0 aliphatic heterocycles. The van der Waals surface area contributed by atoms with Gasteiger partial charge in [-0.2, -0.15) is 0 Å². The number of rotatable bonds is 5. The van der Waals surface area contributed by atoms with Gasteiger partial charge < -0.3 is 15.2 Å². The molecule has 1 aromatic heterocycles. The van der Waals surface area contributed by atoms with Gasteiger partial charge >= 0.3 is 0 Å². The standard InChI is InChI=1S/C23H20FN3O2/c1-2-27-20-10-6-4-7-16(20)18-13-15(11-12-21(18)27)26-22(28)14-25-23(29)17-8-3-5-9-19(17)24/h3-13H,2,14H2,1H3,(H,25,29)(H,26,28). The number of aryl methyl sites for hydroxylation is 1. The molecule has 0 unspecified atom stereocenters. The Kier molecular flexibility index (Phi) is 4.99. The number of anilines is 1. The summed E-state index contributed by atoms with van der Waals surface area (Å²) in [6.07, 6.45) is 0. The normalized spacial score (nSPS) is 11.0. The topological polar surface area (TPSA) is 63.1 Å². The first kappa shape index (κ1) is 18.7. The monoisotopic (exact) mass is 389 g/mol. The zero-order chi connectivity index (χ0) is 20.4. The van der Waals surface area contributed by atoms with Gasteiger partial charge in [-0.1, -0.05) is 30.3 Å². The molecule has 0 saturated heterocycles. The summed E-state index contributed by atoms with van der Waals surface area (Å²) in [7, 11) is 0. The van der Waals surface area contributed by atoms with E-state index in [1.54, 1.807) is 6.07 Å². The lowest BCUT2D eigenvalue weighted by Crippen LogP contribution is -2.33. The Labute approximate surface area is 167 Å². The lowest BCUT2D eigenvalue weighted by atomic mass is 10.1. The van der Waals surface area contributed by atoms with Gasteiger partial charge in [0.2, 0.25) is 5.91 Å². The predicted octanol–water partition coefficient (Wildman–Crippen LogP) is 4.32. The number of benzene rings is 3. The fourth-order valence-corrected chi connectivity index (χ4v) is 3.58. The third-order valence-electron chi connectivity index (χ3n) is 4.90. The SMILES string of the molecule is CCn1c2ccccc2c2cc(NC(=O)CNC(=O)c3ccccc3F)ccc21. The molecule has 29 heavy (non-hydrogen) atoms. The van der Waals surface area contributed by atoms with Gasteiger partial charge in [-0.3, -0.25) is 9.59 Å². The van der Waals surface area contributed by atoms with E-state index in [2.05, 4.69) is 34.3 Å². The Morgan fingerprint density at radius 1 is 0.931 bits per heavy atom. The van der Waals surface area contributed by atoms with E-state index in [1.165, 1.54) is 18.2 Å². The van der Waals surface area contributed by atoms with E-state index in [0.29, 0.717) is 5.69 Å². The van der Waals surface area contributed by atoms with Crippen LogP contribution in [-0.2, 0) is 11.3 Å². The van der Waals surface area contributed by atoms with Crippen molar-refractivity contribution in [2.45, 2.75) is 13.5 Å². The number of carbonyl (C=O) groups is 2. The van der Waals surface area contributed by atoms with E-state index in [9.17, 15) is 14.0 Å². The Morgan fingerprint density at radius 3 is 2.45 bits per heavy atom. The highest BCUT2D eigenvalue weighted by atomic mass is 19.1. The van der Waals surface area contributed by atoms with E-state index in [-0.39, 0.29) is 18.0 Å². The summed E-state index contributed by atoms with van der Waals surface area (Å²) < 4.78 is 15.9. The minimum atomic E-state index is -0.625. The van der Waals surface area contributed by atoms with Gasteiger partial charge in [-0.05, 0) is 43.3 Å². The average Bonchev–Trinajstić information content (AvgIpc) is 3.05. The number of carbonyl (C=O) groups excluding carboxylic acids is 2. The number of para-hydroxylation sites is 1. The average molecular weight is 389 g/mol. The number of hydrogen-bond donors (Lipinski definition) is 2. The maximum absolute atomic E-state index is 13.7. The minimum Gasteiger partial charge on any atom is -0.343 e. The van der Waals surface area contributed by atoms with Gasteiger partial charge in [0.05, 0.1) is 12.1 Å². The molecule has 0 fully saturated rings. The summed E-state index contributed by atoms with van der Waals surface area (Å²) in [5.74, 6) is -1.63. The molecule has 1 heterocycles. The minimum absolute atomic E-state index is 0.0888. The van der Waals surface area contributed by atoms with Crippen molar-refractivity contribution >= 4 is 39.3 Å². The Hall–Kier alpha value is -3.67.